The molecule has 0 bridgehead atoms. The van der Waals surface area contributed by atoms with Gasteiger partial charge in [-0.1, -0.05) is 11.6 Å². The van der Waals surface area contributed by atoms with Crippen molar-refractivity contribution in [3.63, 3.8) is 0 Å². The number of carbonyl (C=O) groups is 1. The summed E-state index contributed by atoms with van der Waals surface area (Å²) in [5, 5.41) is 2.90. The first-order valence-electron chi connectivity index (χ1n) is 6.85. The number of hydrogen-bond donors (Lipinski definition) is 2. The minimum atomic E-state index is 0.0290. The molecule has 1 aromatic heterocycles. The van der Waals surface area contributed by atoms with E-state index in [9.17, 15) is 4.79 Å². The zero-order valence-corrected chi connectivity index (χ0v) is 13.0. The van der Waals surface area contributed by atoms with Crippen LogP contribution in [0.2, 0.25) is 4.34 Å². The van der Waals surface area contributed by atoms with Crippen molar-refractivity contribution in [2.75, 3.05) is 26.2 Å². The van der Waals surface area contributed by atoms with Gasteiger partial charge in [-0.25, -0.2) is 4.79 Å². The van der Waals surface area contributed by atoms with Gasteiger partial charge >= 0.3 is 6.03 Å². The van der Waals surface area contributed by atoms with Crippen LogP contribution in [0, 0.1) is 0 Å². The molecule has 0 saturated carbocycles. The molecule has 2 amide bonds. The Morgan fingerprint density at radius 3 is 2.95 bits per heavy atom. The van der Waals surface area contributed by atoms with E-state index in [-0.39, 0.29) is 24.2 Å². The van der Waals surface area contributed by atoms with Crippen molar-refractivity contribution < 1.29 is 4.79 Å². The second-order valence-corrected chi connectivity index (χ2v) is 7.22. The van der Waals surface area contributed by atoms with Gasteiger partial charge in [0.15, 0.2) is 0 Å². The molecule has 3 rings (SSSR count). The number of piperazine rings is 1. The summed E-state index contributed by atoms with van der Waals surface area (Å²) in [7, 11) is 0. The van der Waals surface area contributed by atoms with Gasteiger partial charge < -0.3 is 16.0 Å². The predicted molar refractivity (Wildman–Crippen MR) is 81.2 cm³/mol. The van der Waals surface area contributed by atoms with Crippen molar-refractivity contribution >= 4 is 29.0 Å². The molecule has 0 aromatic carbocycles. The third-order valence-corrected chi connectivity index (χ3v) is 5.34. The molecule has 0 aliphatic carbocycles. The normalized spacial score (nSPS) is 26.2. The lowest BCUT2D eigenvalue weighted by Gasteiger charge is -2.41. The largest absolute Gasteiger partial charge is 0.336 e. The highest BCUT2D eigenvalue weighted by Crippen LogP contribution is 2.33. The van der Waals surface area contributed by atoms with Crippen LogP contribution < -0.4 is 11.1 Å². The maximum atomic E-state index is 11.6. The Hall–Kier alpha value is -0.820. The Morgan fingerprint density at radius 2 is 2.30 bits per heavy atom. The van der Waals surface area contributed by atoms with E-state index in [1.807, 2.05) is 17.9 Å². The monoisotopic (exact) mass is 314 g/mol. The minimum absolute atomic E-state index is 0.0290. The van der Waals surface area contributed by atoms with Gasteiger partial charge in [-0.3, -0.25) is 4.90 Å². The van der Waals surface area contributed by atoms with Crippen LogP contribution in [0.5, 0.6) is 0 Å². The molecule has 2 fully saturated rings. The summed E-state index contributed by atoms with van der Waals surface area (Å²) in [4.78, 5) is 17.2. The number of nitrogens with two attached hydrogens (primary N) is 1. The highest BCUT2D eigenvalue weighted by molar-refractivity contribution is 7.16. The molecule has 1 aromatic rings. The maximum Gasteiger partial charge on any atom is 0.317 e. The van der Waals surface area contributed by atoms with Crippen LogP contribution in [0.4, 0.5) is 4.79 Å². The molecule has 2 saturated heterocycles. The Morgan fingerprint density at radius 1 is 1.50 bits per heavy atom. The van der Waals surface area contributed by atoms with E-state index in [4.69, 9.17) is 17.3 Å². The SMILES string of the molecule is CC(N)C(c1ccc(Cl)s1)N1CCN2C(=O)NCC2C1. The minimum Gasteiger partial charge on any atom is -0.336 e. The zero-order valence-electron chi connectivity index (χ0n) is 11.4. The number of nitrogens with one attached hydrogen (secondary N) is 1. The lowest BCUT2D eigenvalue weighted by Crippen LogP contribution is -2.55. The third kappa shape index (κ3) is 2.53. The first kappa shape index (κ1) is 14.1. The van der Waals surface area contributed by atoms with Gasteiger partial charge in [-0.15, -0.1) is 11.3 Å². The number of hydrogen-bond acceptors (Lipinski definition) is 4. The standard InChI is InChI=1S/C13H19ClN4OS/c1-8(15)12(10-2-3-11(14)20-10)17-4-5-18-9(7-17)6-16-13(18)19/h2-3,8-9,12H,4-7,15H2,1H3,(H,16,19). The van der Waals surface area contributed by atoms with Crippen LogP contribution in [0.3, 0.4) is 0 Å². The van der Waals surface area contributed by atoms with E-state index in [1.165, 1.54) is 4.88 Å². The number of fused-ring (bicyclic) bond motifs is 1. The average Bonchev–Trinajstić information content (AvgIpc) is 2.97. The number of thiophene rings is 1. The quantitative estimate of drug-likeness (QED) is 0.889. The van der Waals surface area contributed by atoms with Crippen LogP contribution in [-0.4, -0.2) is 54.1 Å². The summed E-state index contributed by atoms with van der Waals surface area (Å²) in [6.07, 6.45) is 0. The van der Waals surface area contributed by atoms with Crippen molar-refractivity contribution in [3.8, 4) is 0 Å². The Kier molecular flexibility index (Phi) is 3.90. The van der Waals surface area contributed by atoms with Gasteiger partial charge in [0.2, 0.25) is 0 Å². The summed E-state index contributed by atoms with van der Waals surface area (Å²) >= 11 is 7.64. The lowest BCUT2D eigenvalue weighted by atomic mass is 10.0. The fourth-order valence-corrected chi connectivity index (χ4v) is 4.45. The molecular formula is C13H19ClN4OS. The summed E-state index contributed by atoms with van der Waals surface area (Å²) < 4.78 is 0.794. The van der Waals surface area contributed by atoms with E-state index in [1.54, 1.807) is 11.3 Å². The van der Waals surface area contributed by atoms with Crippen molar-refractivity contribution in [3.05, 3.63) is 21.3 Å². The second-order valence-electron chi connectivity index (χ2n) is 5.47. The first-order valence-corrected chi connectivity index (χ1v) is 8.05. The number of carbonyl (C=O) groups excluding carboxylic acids is 1. The van der Waals surface area contributed by atoms with Gasteiger partial charge in [-0.05, 0) is 19.1 Å². The van der Waals surface area contributed by atoms with Gasteiger partial charge in [0.05, 0.1) is 16.4 Å². The second kappa shape index (κ2) is 5.52. The van der Waals surface area contributed by atoms with E-state index in [0.29, 0.717) is 0 Å². The van der Waals surface area contributed by atoms with Gasteiger partial charge in [-0.2, -0.15) is 0 Å². The highest BCUT2D eigenvalue weighted by Gasteiger charge is 2.38. The molecule has 3 atom stereocenters. The predicted octanol–water partition coefficient (Wildman–Crippen LogP) is 1.50. The number of halogens is 1. The van der Waals surface area contributed by atoms with Gasteiger partial charge in [0, 0.05) is 37.1 Å². The summed E-state index contributed by atoms with van der Waals surface area (Å²) in [5.74, 6) is 0. The average molecular weight is 315 g/mol. The third-order valence-electron chi connectivity index (χ3n) is 4.04. The molecular weight excluding hydrogens is 296 g/mol. The van der Waals surface area contributed by atoms with Gasteiger partial charge in [0.25, 0.3) is 0 Å². The van der Waals surface area contributed by atoms with Crippen LogP contribution in [0.15, 0.2) is 12.1 Å². The molecule has 5 nitrogen and oxygen atoms in total. The van der Waals surface area contributed by atoms with Gasteiger partial charge in [0.1, 0.15) is 0 Å². The number of rotatable bonds is 3. The number of nitrogens with zero attached hydrogens (tertiary/aromatic N) is 2. The van der Waals surface area contributed by atoms with Crippen molar-refractivity contribution in [2.45, 2.75) is 25.0 Å². The van der Waals surface area contributed by atoms with Crippen molar-refractivity contribution in [1.29, 1.82) is 0 Å². The van der Waals surface area contributed by atoms with E-state index >= 15 is 0 Å². The van der Waals surface area contributed by atoms with E-state index in [0.717, 1.165) is 30.5 Å². The van der Waals surface area contributed by atoms with E-state index in [2.05, 4.69) is 16.3 Å². The molecule has 2 aliphatic rings. The molecule has 0 spiro atoms. The van der Waals surface area contributed by atoms with Crippen LogP contribution in [-0.2, 0) is 0 Å². The smallest absolute Gasteiger partial charge is 0.317 e. The van der Waals surface area contributed by atoms with Crippen LogP contribution >= 0.6 is 22.9 Å². The maximum absolute atomic E-state index is 11.6. The van der Waals surface area contributed by atoms with E-state index < -0.39 is 0 Å². The molecule has 7 heteroatoms. The number of urea groups is 1. The summed E-state index contributed by atoms with van der Waals surface area (Å²) in [6.45, 7) is 5.24. The van der Waals surface area contributed by atoms with Crippen LogP contribution in [0.1, 0.15) is 17.8 Å². The lowest BCUT2D eigenvalue weighted by molar-refractivity contribution is 0.0809. The molecule has 3 N–H and O–H groups in total. The number of amides is 2. The Bertz CT molecular complexity index is 506. The van der Waals surface area contributed by atoms with Crippen molar-refractivity contribution in [1.82, 2.24) is 15.1 Å². The molecule has 3 heterocycles. The fourth-order valence-electron chi connectivity index (χ4n) is 3.14. The van der Waals surface area contributed by atoms with Crippen LogP contribution in [0.25, 0.3) is 0 Å². The van der Waals surface area contributed by atoms with Crippen molar-refractivity contribution in [2.24, 2.45) is 5.73 Å². The summed E-state index contributed by atoms with van der Waals surface area (Å²) in [5.41, 5.74) is 6.20. The fraction of sp³-hybridized carbons (Fsp3) is 0.615. The topological polar surface area (TPSA) is 61.6 Å². The molecule has 3 unspecified atom stereocenters. The molecule has 2 aliphatic heterocycles. The Balaban J connectivity index is 1.78. The Labute approximate surface area is 127 Å². The first-order chi connectivity index (χ1) is 9.56. The highest BCUT2D eigenvalue weighted by atomic mass is 35.5. The molecule has 0 radical (unpaired) electrons. The summed E-state index contributed by atoms with van der Waals surface area (Å²) in [6, 6.07) is 4.50. The zero-order chi connectivity index (χ0) is 14.3. The molecule has 110 valence electrons. The molecule has 20 heavy (non-hydrogen) atoms.